The van der Waals surface area contributed by atoms with Crippen LogP contribution in [0.2, 0.25) is 0 Å². The Balaban J connectivity index is 2.53. The van der Waals surface area contributed by atoms with E-state index in [1.807, 2.05) is 0 Å². The van der Waals surface area contributed by atoms with Gasteiger partial charge in [0.1, 0.15) is 0 Å². The number of halogens is 1. The monoisotopic (exact) mass is 374 g/mol. The van der Waals surface area contributed by atoms with Crippen molar-refractivity contribution in [3.8, 4) is 0 Å². The maximum Gasteiger partial charge on any atom is 0.303 e. The van der Waals surface area contributed by atoms with Crippen LogP contribution >= 0.6 is 15.9 Å². The van der Waals surface area contributed by atoms with Crippen molar-refractivity contribution in [3.63, 3.8) is 0 Å². The Labute approximate surface area is 136 Å². The average molecular weight is 375 g/mol. The number of aliphatic carboxylic acids is 1. The summed E-state index contributed by atoms with van der Waals surface area (Å²) in [6.07, 6.45) is 0.263. The zero-order valence-electron chi connectivity index (χ0n) is 12.7. The van der Waals surface area contributed by atoms with E-state index >= 15 is 0 Å². The molecule has 0 bridgehead atoms. The number of carboxylic acid groups (broad SMARTS) is 1. The van der Waals surface area contributed by atoms with E-state index in [0.717, 1.165) is 0 Å². The number of hydrogen-bond donors (Lipinski definition) is 2. The molecule has 0 fully saturated rings. The molecule has 22 heavy (non-hydrogen) atoms. The molecule has 2 N–H and O–H groups in total. The Morgan fingerprint density at radius 3 is 2.50 bits per heavy atom. The molecule has 122 valence electrons. The molecule has 0 aromatic carbocycles. The third-order valence-corrected chi connectivity index (χ3v) is 3.38. The number of nitrogens with one attached hydrogen (secondary N) is 1. The SMILES string of the molecule is CN(CC(=O)NC(C)(C)CCC(=O)O)C(=O)c1ccc(Br)o1. The highest BCUT2D eigenvalue weighted by atomic mass is 79.9. The number of nitrogens with zero attached hydrogens (tertiary/aromatic N) is 1. The number of hydrogen-bond acceptors (Lipinski definition) is 4. The van der Waals surface area contributed by atoms with Gasteiger partial charge in [0, 0.05) is 19.0 Å². The molecule has 0 spiro atoms. The molecule has 7 nitrogen and oxygen atoms in total. The number of amides is 2. The van der Waals surface area contributed by atoms with Crippen molar-refractivity contribution in [1.82, 2.24) is 10.2 Å². The summed E-state index contributed by atoms with van der Waals surface area (Å²) in [5, 5.41) is 11.4. The van der Waals surface area contributed by atoms with Gasteiger partial charge < -0.3 is 19.7 Å². The molecule has 0 aliphatic heterocycles. The van der Waals surface area contributed by atoms with Crippen molar-refractivity contribution < 1.29 is 23.9 Å². The molecule has 1 rings (SSSR count). The molecule has 0 aliphatic carbocycles. The van der Waals surface area contributed by atoms with Crippen LogP contribution in [0.1, 0.15) is 37.2 Å². The van der Waals surface area contributed by atoms with Crippen LogP contribution in [0.15, 0.2) is 21.2 Å². The maximum atomic E-state index is 12.0. The number of likely N-dealkylation sites (N-methyl/N-ethyl adjacent to an activating group) is 1. The van der Waals surface area contributed by atoms with Crippen molar-refractivity contribution in [1.29, 1.82) is 0 Å². The fourth-order valence-corrected chi connectivity index (χ4v) is 2.11. The molecule has 0 radical (unpaired) electrons. The standard InChI is InChI=1S/C14H19BrN2O5/c1-14(2,7-6-12(19)20)16-11(18)8-17(3)13(21)9-4-5-10(15)22-9/h4-5H,6-8H2,1-3H3,(H,16,18)(H,19,20). The summed E-state index contributed by atoms with van der Waals surface area (Å²) < 4.78 is 5.58. The van der Waals surface area contributed by atoms with Crippen LogP contribution in [0.3, 0.4) is 0 Å². The van der Waals surface area contributed by atoms with Gasteiger partial charge in [-0.3, -0.25) is 14.4 Å². The summed E-state index contributed by atoms with van der Waals surface area (Å²) in [6.45, 7) is 3.33. The smallest absolute Gasteiger partial charge is 0.303 e. The highest BCUT2D eigenvalue weighted by Crippen LogP contribution is 2.15. The highest BCUT2D eigenvalue weighted by molar-refractivity contribution is 9.10. The maximum absolute atomic E-state index is 12.0. The lowest BCUT2D eigenvalue weighted by molar-refractivity contribution is -0.137. The number of carboxylic acids is 1. The molecule has 0 atom stereocenters. The molecule has 8 heteroatoms. The van der Waals surface area contributed by atoms with Gasteiger partial charge in [-0.05, 0) is 48.3 Å². The van der Waals surface area contributed by atoms with Gasteiger partial charge in [-0.1, -0.05) is 0 Å². The lowest BCUT2D eigenvalue weighted by Crippen LogP contribution is -2.48. The van der Waals surface area contributed by atoms with E-state index in [-0.39, 0.29) is 24.6 Å². The first-order valence-corrected chi connectivity index (χ1v) is 7.43. The lowest BCUT2D eigenvalue weighted by Gasteiger charge is -2.27. The van der Waals surface area contributed by atoms with Crippen LogP contribution in [-0.4, -0.2) is 46.9 Å². The summed E-state index contributed by atoms with van der Waals surface area (Å²) in [4.78, 5) is 35.8. The van der Waals surface area contributed by atoms with Gasteiger partial charge in [-0.15, -0.1) is 0 Å². The fourth-order valence-electron chi connectivity index (χ4n) is 1.80. The van der Waals surface area contributed by atoms with E-state index in [1.165, 1.54) is 18.0 Å². The third kappa shape index (κ3) is 5.88. The summed E-state index contributed by atoms with van der Waals surface area (Å²) in [7, 11) is 1.49. The second kappa shape index (κ2) is 7.44. The Morgan fingerprint density at radius 1 is 1.36 bits per heavy atom. The van der Waals surface area contributed by atoms with Crippen molar-refractivity contribution in [3.05, 3.63) is 22.6 Å². The van der Waals surface area contributed by atoms with Crippen LogP contribution in [0.25, 0.3) is 0 Å². The molecule has 2 amide bonds. The van der Waals surface area contributed by atoms with Crippen LogP contribution in [0, 0.1) is 0 Å². The van der Waals surface area contributed by atoms with Crippen molar-refractivity contribution in [2.45, 2.75) is 32.2 Å². The van der Waals surface area contributed by atoms with E-state index in [2.05, 4.69) is 21.2 Å². The fraction of sp³-hybridized carbons (Fsp3) is 0.500. The summed E-state index contributed by atoms with van der Waals surface area (Å²) in [5.74, 6) is -1.56. The molecule has 0 saturated heterocycles. The normalized spacial score (nSPS) is 11.1. The zero-order valence-corrected chi connectivity index (χ0v) is 14.3. The van der Waals surface area contributed by atoms with Crippen molar-refractivity contribution in [2.24, 2.45) is 0 Å². The van der Waals surface area contributed by atoms with Gasteiger partial charge in [0.05, 0.1) is 6.54 Å². The van der Waals surface area contributed by atoms with Gasteiger partial charge in [-0.25, -0.2) is 0 Å². The van der Waals surface area contributed by atoms with Gasteiger partial charge in [-0.2, -0.15) is 0 Å². The van der Waals surface area contributed by atoms with Crippen LogP contribution < -0.4 is 5.32 Å². The van der Waals surface area contributed by atoms with E-state index in [0.29, 0.717) is 11.1 Å². The van der Waals surface area contributed by atoms with Gasteiger partial charge in [0.15, 0.2) is 10.4 Å². The Bertz CT molecular complexity index is 567. The van der Waals surface area contributed by atoms with Crippen molar-refractivity contribution >= 4 is 33.7 Å². The first-order chi connectivity index (χ1) is 10.1. The molecule has 0 aliphatic rings. The van der Waals surface area contributed by atoms with Crippen LogP contribution in [0.5, 0.6) is 0 Å². The zero-order chi connectivity index (χ0) is 16.9. The van der Waals surface area contributed by atoms with E-state index < -0.39 is 17.4 Å². The second-order valence-corrected chi connectivity index (χ2v) is 6.37. The highest BCUT2D eigenvalue weighted by Gasteiger charge is 2.24. The summed E-state index contributed by atoms with van der Waals surface area (Å²) >= 11 is 3.10. The summed E-state index contributed by atoms with van der Waals surface area (Å²) in [5.41, 5.74) is -0.660. The minimum Gasteiger partial charge on any atom is -0.481 e. The molecular formula is C14H19BrN2O5. The first kappa shape index (κ1) is 18.2. The molecule has 1 heterocycles. The van der Waals surface area contributed by atoms with Gasteiger partial charge >= 0.3 is 5.97 Å². The molecule has 1 aromatic rings. The van der Waals surface area contributed by atoms with Crippen LogP contribution in [0.4, 0.5) is 0 Å². The van der Waals surface area contributed by atoms with Crippen molar-refractivity contribution in [2.75, 3.05) is 13.6 Å². The average Bonchev–Trinajstić information content (AvgIpc) is 2.81. The van der Waals surface area contributed by atoms with Gasteiger partial charge in [0.2, 0.25) is 5.91 Å². The summed E-state index contributed by atoms with van der Waals surface area (Å²) in [6, 6.07) is 3.10. The molecular weight excluding hydrogens is 356 g/mol. The molecule has 0 unspecified atom stereocenters. The third-order valence-electron chi connectivity index (χ3n) is 2.95. The number of carbonyl (C=O) groups excluding carboxylic acids is 2. The number of carbonyl (C=O) groups is 3. The number of rotatable bonds is 7. The first-order valence-electron chi connectivity index (χ1n) is 6.64. The largest absolute Gasteiger partial charge is 0.481 e. The Kier molecular flexibility index (Phi) is 6.16. The Morgan fingerprint density at radius 2 is 2.00 bits per heavy atom. The lowest BCUT2D eigenvalue weighted by atomic mass is 9.98. The van der Waals surface area contributed by atoms with Crippen LogP contribution in [-0.2, 0) is 9.59 Å². The molecule has 0 saturated carbocycles. The minimum atomic E-state index is -0.919. The minimum absolute atomic E-state index is 0.0392. The van der Waals surface area contributed by atoms with Gasteiger partial charge in [0.25, 0.3) is 5.91 Å². The second-order valence-electron chi connectivity index (χ2n) is 5.59. The molecule has 1 aromatic heterocycles. The predicted octanol–water partition coefficient (Wildman–Crippen LogP) is 1.87. The predicted molar refractivity (Wildman–Crippen MR) is 82.5 cm³/mol. The topological polar surface area (TPSA) is 99.9 Å². The van der Waals surface area contributed by atoms with E-state index in [9.17, 15) is 14.4 Å². The van der Waals surface area contributed by atoms with E-state index in [1.54, 1.807) is 19.9 Å². The van der Waals surface area contributed by atoms with E-state index in [4.69, 9.17) is 9.52 Å². The quantitative estimate of drug-likeness (QED) is 0.758. The number of furan rings is 1. The Hall–Kier alpha value is -1.83.